The van der Waals surface area contributed by atoms with Crippen LogP contribution in [0.1, 0.15) is 31.9 Å². The molecule has 0 aliphatic carbocycles. The standard InChI is InChI=1S/C18H22O3/c1-13(2)21-17-12-8-6-10-15(17)18(3,19)14-9-5-7-11-16(14)20-4/h5-13,19H,1-4H3. The second-order valence-corrected chi connectivity index (χ2v) is 5.44. The Hall–Kier alpha value is -2.00. The molecule has 0 saturated carbocycles. The highest BCUT2D eigenvalue weighted by atomic mass is 16.5. The molecule has 3 heteroatoms. The summed E-state index contributed by atoms with van der Waals surface area (Å²) in [5, 5.41) is 11.1. The van der Waals surface area contributed by atoms with Crippen LogP contribution in [0.2, 0.25) is 0 Å². The van der Waals surface area contributed by atoms with Crippen molar-refractivity contribution in [2.24, 2.45) is 0 Å². The third-order valence-electron chi connectivity index (χ3n) is 3.41. The van der Waals surface area contributed by atoms with Crippen molar-refractivity contribution in [1.29, 1.82) is 0 Å². The maximum atomic E-state index is 11.1. The molecule has 0 aliphatic heterocycles. The fourth-order valence-corrected chi connectivity index (χ4v) is 2.42. The van der Waals surface area contributed by atoms with E-state index >= 15 is 0 Å². The molecule has 0 fully saturated rings. The number of ether oxygens (including phenoxy) is 2. The van der Waals surface area contributed by atoms with E-state index in [9.17, 15) is 5.11 Å². The normalized spacial score (nSPS) is 13.8. The molecule has 0 spiro atoms. The number of methoxy groups -OCH3 is 1. The van der Waals surface area contributed by atoms with Crippen LogP contribution in [-0.4, -0.2) is 18.3 Å². The smallest absolute Gasteiger partial charge is 0.126 e. The molecule has 0 amide bonds. The number of aliphatic hydroxyl groups is 1. The van der Waals surface area contributed by atoms with E-state index in [1.165, 1.54) is 0 Å². The van der Waals surface area contributed by atoms with E-state index in [0.717, 1.165) is 5.56 Å². The van der Waals surface area contributed by atoms with Gasteiger partial charge in [-0.2, -0.15) is 0 Å². The SMILES string of the molecule is COc1ccccc1C(C)(O)c1ccccc1OC(C)C. The Morgan fingerprint density at radius 3 is 1.90 bits per heavy atom. The monoisotopic (exact) mass is 286 g/mol. The van der Waals surface area contributed by atoms with Gasteiger partial charge in [0.25, 0.3) is 0 Å². The van der Waals surface area contributed by atoms with Gasteiger partial charge < -0.3 is 14.6 Å². The van der Waals surface area contributed by atoms with Gasteiger partial charge in [-0.05, 0) is 32.9 Å². The van der Waals surface area contributed by atoms with E-state index in [2.05, 4.69) is 0 Å². The highest BCUT2D eigenvalue weighted by Crippen LogP contribution is 2.39. The Bertz CT molecular complexity index is 603. The third-order valence-corrected chi connectivity index (χ3v) is 3.41. The first kappa shape index (κ1) is 15.4. The van der Waals surface area contributed by atoms with Crippen LogP contribution in [0, 0.1) is 0 Å². The minimum Gasteiger partial charge on any atom is -0.496 e. The summed E-state index contributed by atoms with van der Waals surface area (Å²) in [5.74, 6) is 1.34. The Kier molecular flexibility index (Phi) is 4.53. The minimum absolute atomic E-state index is 0.0413. The summed E-state index contributed by atoms with van der Waals surface area (Å²) in [6.45, 7) is 5.69. The molecule has 0 saturated heterocycles. The molecule has 1 N–H and O–H groups in total. The van der Waals surface area contributed by atoms with Gasteiger partial charge >= 0.3 is 0 Å². The molecular formula is C18H22O3. The van der Waals surface area contributed by atoms with Gasteiger partial charge in [-0.3, -0.25) is 0 Å². The summed E-state index contributed by atoms with van der Waals surface area (Å²) in [4.78, 5) is 0. The molecule has 0 radical (unpaired) electrons. The molecule has 2 aromatic rings. The van der Waals surface area contributed by atoms with Crippen molar-refractivity contribution in [3.63, 3.8) is 0 Å². The lowest BCUT2D eigenvalue weighted by atomic mass is 9.87. The molecule has 0 heterocycles. The van der Waals surface area contributed by atoms with Crippen LogP contribution in [0.25, 0.3) is 0 Å². The predicted molar refractivity (Wildman–Crippen MR) is 83.9 cm³/mol. The van der Waals surface area contributed by atoms with Gasteiger partial charge in [0.1, 0.15) is 17.1 Å². The van der Waals surface area contributed by atoms with Gasteiger partial charge in [0.05, 0.1) is 13.2 Å². The molecule has 1 atom stereocenters. The summed E-state index contributed by atoms with van der Waals surface area (Å²) in [7, 11) is 1.60. The second-order valence-electron chi connectivity index (χ2n) is 5.44. The summed E-state index contributed by atoms with van der Waals surface area (Å²) in [5.41, 5.74) is 0.244. The van der Waals surface area contributed by atoms with Gasteiger partial charge in [-0.15, -0.1) is 0 Å². The van der Waals surface area contributed by atoms with Gasteiger partial charge in [-0.1, -0.05) is 36.4 Å². The van der Waals surface area contributed by atoms with Gasteiger partial charge in [-0.25, -0.2) is 0 Å². The molecule has 21 heavy (non-hydrogen) atoms. The highest BCUT2D eigenvalue weighted by Gasteiger charge is 2.31. The summed E-state index contributed by atoms with van der Waals surface area (Å²) >= 11 is 0. The number of hydrogen-bond donors (Lipinski definition) is 1. The number of benzene rings is 2. The van der Waals surface area contributed by atoms with Crippen LogP contribution in [0.5, 0.6) is 11.5 Å². The van der Waals surface area contributed by atoms with Crippen LogP contribution in [0.3, 0.4) is 0 Å². The zero-order chi connectivity index (χ0) is 15.5. The number of rotatable bonds is 5. The maximum absolute atomic E-state index is 11.1. The first-order valence-electron chi connectivity index (χ1n) is 7.09. The molecular weight excluding hydrogens is 264 g/mol. The minimum atomic E-state index is -1.20. The lowest BCUT2D eigenvalue weighted by Crippen LogP contribution is -2.25. The van der Waals surface area contributed by atoms with Crippen LogP contribution in [-0.2, 0) is 5.60 Å². The molecule has 0 aromatic heterocycles. The average Bonchev–Trinajstić information content (AvgIpc) is 2.47. The zero-order valence-corrected chi connectivity index (χ0v) is 13.0. The Labute approximate surface area is 126 Å². The zero-order valence-electron chi connectivity index (χ0n) is 13.0. The second kappa shape index (κ2) is 6.19. The lowest BCUT2D eigenvalue weighted by molar-refractivity contribution is 0.0928. The van der Waals surface area contributed by atoms with Crippen LogP contribution < -0.4 is 9.47 Å². The van der Waals surface area contributed by atoms with E-state index in [1.807, 2.05) is 62.4 Å². The average molecular weight is 286 g/mol. The van der Waals surface area contributed by atoms with Crippen molar-refractivity contribution in [3.05, 3.63) is 59.7 Å². The first-order chi connectivity index (χ1) is 9.96. The van der Waals surface area contributed by atoms with Crippen molar-refractivity contribution in [2.75, 3.05) is 7.11 Å². The highest BCUT2D eigenvalue weighted by molar-refractivity contribution is 5.49. The largest absolute Gasteiger partial charge is 0.496 e. The van der Waals surface area contributed by atoms with Crippen LogP contribution in [0.4, 0.5) is 0 Å². The molecule has 112 valence electrons. The summed E-state index contributed by atoms with van der Waals surface area (Å²) < 4.78 is 11.2. The van der Waals surface area contributed by atoms with Crippen molar-refractivity contribution in [3.8, 4) is 11.5 Å². The fraction of sp³-hybridized carbons (Fsp3) is 0.333. The van der Waals surface area contributed by atoms with Crippen molar-refractivity contribution in [1.82, 2.24) is 0 Å². The van der Waals surface area contributed by atoms with E-state index in [4.69, 9.17) is 9.47 Å². The molecule has 2 aromatic carbocycles. The molecule has 0 bridgehead atoms. The van der Waals surface area contributed by atoms with Crippen LogP contribution in [0.15, 0.2) is 48.5 Å². The van der Waals surface area contributed by atoms with Crippen molar-refractivity contribution < 1.29 is 14.6 Å². The Morgan fingerprint density at radius 2 is 1.38 bits per heavy atom. The van der Waals surface area contributed by atoms with E-state index in [0.29, 0.717) is 17.1 Å². The lowest BCUT2D eigenvalue weighted by Gasteiger charge is -2.28. The Morgan fingerprint density at radius 1 is 0.905 bits per heavy atom. The third kappa shape index (κ3) is 3.19. The van der Waals surface area contributed by atoms with E-state index in [-0.39, 0.29) is 6.10 Å². The molecule has 3 nitrogen and oxygen atoms in total. The van der Waals surface area contributed by atoms with Crippen molar-refractivity contribution in [2.45, 2.75) is 32.5 Å². The topological polar surface area (TPSA) is 38.7 Å². The van der Waals surface area contributed by atoms with E-state index in [1.54, 1.807) is 14.0 Å². The molecule has 1 unspecified atom stereocenters. The summed E-state index contributed by atoms with van der Waals surface area (Å²) in [6.07, 6.45) is 0.0413. The maximum Gasteiger partial charge on any atom is 0.126 e. The van der Waals surface area contributed by atoms with E-state index < -0.39 is 5.60 Å². The van der Waals surface area contributed by atoms with Gasteiger partial charge in [0, 0.05) is 11.1 Å². The van der Waals surface area contributed by atoms with Crippen LogP contribution >= 0.6 is 0 Å². The summed E-state index contributed by atoms with van der Waals surface area (Å²) in [6, 6.07) is 15.0. The Balaban J connectivity index is 2.53. The number of hydrogen-bond acceptors (Lipinski definition) is 3. The molecule has 2 rings (SSSR count). The number of para-hydroxylation sites is 2. The fourth-order valence-electron chi connectivity index (χ4n) is 2.42. The van der Waals surface area contributed by atoms with Crippen molar-refractivity contribution >= 4 is 0 Å². The predicted octanol–water partition coefficient (Wildman–Crippen LogP) is 3.74. The molecule has 0 aliphatic rings. The van der Waals surface area contributed by atoms with Gasteiger partial charge in [0.2, 0.25) is 0 Å². The first-order valence-corrected chi connectivity index (χ1v) is 7.09. The quantitative estimate of drug-likeness (QED) is 0.910. The van der Waals surface area contributed by atoms with Gasteiger partial charge in [0.15, 0.2) is 0 Å².